The second-order valence-electron chi connectivity index (χ2n) is 11.2. The third-order valence-corrected chi connectivity index (χ3v) is 6.85. The molecule has 2 fully saturated rings. The minimum absolute atomic E-state index is 0.0428. The quantitative estimate of drug-likeness (QED) is 0.431. The van der Waals surface area contributed by atoms with E-state index in [1.54, 1.807) is 39.0 Å². The fraction of sp³-hybridized carbons (Fsp3) is 0.654. The highest BCUT2D eigenvalue weighted by molar-refractivity contribution is 5.77. The van der Waals surface area contributed by atoms with Gasteiger partial charge in [0.2, 0.25) is 11.8 Å². The summed E-state index contributed by atoms with van der Waals surface area (Å²) in [5.41, 5.74) is 0.407. The number of alkyl halides is 4. The molecule has 0 bridgehead atoms. The molecular formula is C26H34F4N4O5. The van der Waals surface area contributed by atoms with Crippen LogP contribution in [0.3, 0.4) is 0 Å². The number of nitrogens with one attached hydrogen (secondary N) is 2. The van der Waals surface area contributed by atoms with Gasteiger partial charge in [-0.15, -0.1) is 0 Å². The highest BCUT2D eigenvalue weighted by atomic mass is 19.3. The molecule has 2 atom stereocenters. The summed E-state index contributed by atoms with van der Waals surface area (Å²) in [5, 5.41) is 4.95. The van der Waals surface area contributed by atoms with Gasteiger partial charge in [0.25, 0.3) is 5.92 Å². The number of benzene rings is 1. The van der Waals surface area contributed by atoms with E-state index in [4.69, 9.17) is 13.9 Å². The van der Waals surface area contributed by atoms with E-state index in [9.17, 15) is 27.2 Å². The van der Waals surface area contributed by atoms with Crippen LogP contribution >= 0.6 is 0 Å². The summed E-state index contributed by atoms with van der Waals surface area (Å²) >= 11 is 0. The Morgan fingerprint density at radius 1 is 1.23 bits per heavy atom. The van der Waals surface area contributed by atoms with Crippen LogP contribution in [0.5, 0.6) is 0 Å². The molecule has 0 radical (unpaired) electrons. The number of fused-ring (bicyclic) bond motifs is 1. The number of urea groups is 1. The summed E-state index contributed by atoms with van der Waals surface area (Å²) in [6.45, 7) is 3.56. The van der Waals surface area contributed by atoms with E-state index in [0.29, 0.717) is 16.7 Å². The Hall–Kier alpha value is -3.09. The molecule has 1 aromatic heterocycles. The second-order valence-corrected chi connectivity index (χ2v) is 11.2. The van der Waals surface area contributed by atoms with Gasteiger partial charge < -0.3 is 29.4 Å². The van der Waals surface area contributed by atoms with Gasteiger partial charge in [0.05, 0.1) is 25.7 Å². The third-order valence-electron chi connectivity index (χ3n) is 6.85. The molecule has 1 aliphatic carbocycles. The van der Waals surface area contributed by atoms with E-state index in [1.807, 2.05) is 0 Å². The fourth-order valence-electron chi connectivity index (χ4n) is 4.97. The van der Waals surface area contributed by atoms with Crippen LogP contribution in [0.2, 0.25) is 0 Å². The average molecular weight is 559 g/mol. The first-order valence-electron chi connectivity index (χ1n) is 12.9. The summed E-state index contributed by atoms with van der Waals surface area (Å²) in [6.07, 6.45) is -1.09. The molecule has 0 unspecified atom stereocenters. The highest BCUT2D eigenvalue weighted by Gasteiger charge is 2.43. The van der Waals surface area contributed by atoms with Gasteiger partial charge in [0.1, 0.15) is 17.2 Å². The number of carbonyl (C=O) groups is 2. The SMILES string of the molecule is COC[C@H](c1ccc2oc([C@@H](NC(=O)OC(C)(C)C)C3CCC(F)(F)CC3)nc2c1)N1CC(F)(F)CNC1=O. The Morgan fingerprint density at radius 3 is 2.56 bits per heavy atom. The maximum Gasteiger partial charge on any atom is 0.408 e. The van der Waals surface area contributed by atoms with Crippen LogP contribution in [-0.4, -0.2) is 66.3 Å². The molecule has 1 aromatic carbocycles. The van der Waals surface area contributed by atoms with Crippen LogP contribution in [0.25, 0.3) is 11.1 Å². The van der Waals surface area contributed by atoms with Crippen LogP contribution in [-0.2, 0) is 9.47 Å². The van der Waals surface area contributed by atoms with Crippen molar-refractivity contribution >= 4 is 23.2 Å². The third kappa shape index (κ3) is 7.11. The van der Waals surface area contributed by atoms with Crippen LogP contribution in [0, 0.1) is 5.92 Å². The number of aromatic nitrogens is 1. The number of nitrogens with zero attached hydrogens (tertiary/aromatic N) is 2. The molecule has 3 amide bonds. The van der Waals surface area contributed by atoms with E-state index in [1.165, 1.54) is 7.11 Å². The smallest absolute Gasteiger partial charge is 0.408 e. The predicted molar refractivity (Wildman–Crippen MR) is 133 cm³/mol. The number of alkyl carbamates (subject to hydrolysis) is 1. The molecule has 39 heavy (non-hydrogen) atoms. The van der Waals surface area contributed by atoms with E-state index in [-0.39, 0.29) is 44.1 Å². The van der Waals surface area contributed by atoms with Crippen LogP contribution in [0.4, 0.5) is 27.2 Å². The number of carbonyl (C=O) groups excluding carboxylic acids is 2. The molecule has 216 valence electrons. The van der Waals surface area contributed by atoms with E-state index < -0.39 is 54.7 Å². The summed E-state index contributed by atoms with van der Waals surface area (Å²) in [6, 6.07) is 2.52. The van der Waals surface area contributed by atoms with E-state index in [0.717, 1.165) is 4.90 Å². The molecule has 2 N–H and O–H groups in total. The van der Waals surface area contributed by atoms with Crippen molar-refractivity contribution in [2.45, 2.75) is 76.0 Å². The zero-order valence-corrected chi connectivity index (χ0v) is 22.4. The fourth-order valence-corrected chi connectivity index (χ4v) is 4.97. The van der Waals surface area contributed by atoms with Crippen molar-refractivity contribution in [3.63, 3.8) is 0 Å². The lowest BCUT2D eigenvalue weighted by Crippen LogP contribution is -2.58. The molecule has 2 aromatic rings. The first-order valence-corrected chi connectivity index (χ1v) is 12.9. The minimum Gasteiger partial charge on any atom is -0.444 e. The van der Waals surface area contributed by atoms with Gasteiger partial charge in [-0.25, -0.2) is 32.1 Å². The molecule has 13 heteroatoms. The number of rotatable bonds is 7. The lowest BCUT2D eigenvalue weighted by atomic mass is 9.82. The Bertz CT molecular complexity index is 1190. The first kappa shape index (κ1) is 28.9. The average Bonchev–Trinajstić information content (AvgIpc) is 3.25. The molecular weight excluding hydrogens is 524 g/mol. The van der Waals surface area contributed by atoms with Gasteiger partial charge in [-0.3, -0.25) is 0 Å². The summed E-state index contributed by atoms with van der Waals surface area (Å²) in [4.78, 5) is 30.6. The van der Waals surface area contributed by atoms with Crippen molar-refractivity contribution in [2.24, 2.45) is 5.92 Å². The van der Waals surface area contributed by atoms with Crippen LogP contribution in [0.1, 0.15) is 70.0 Å². The predicted octanol–water partition coefficient (Wildman–Crippen LogP) is 5.57. The lowest BCUT2D eigenvalue weighted by Gasteiger charge is -2.38. The Balaban J connectivity index is 1.64. The standard InChI is InChI=1S/C26H34F4N4O5/c1-24(2,3)39-23(36)33-20(15-7-9-25(27,28)10-8-15)21-32-17-11-16(5-6-19(17)38-21)18(12-37-4)34-14-26(29,30)13-31-22(34)35/h5-6,11,15,18,20H,7-10,12-14H2,1-4H3,(H,31,35)(H,33,36)/t18-,20+/m1/s1. The summed E-state index contributed by atoms with van der Waals surface area (Å²) in [5.74, 6) is -6.13. The van der Waals surface area contributed by atoms with Crippen LogP contribution < -0.4 is 10.6 Å². The zero-order valence-electron chi connectivity index (χ0n) is 22.4. The van der Waals surface area contributed by atoms with Gasteiger partial charge in [-0.05, 0) is 57.2 Å². The molecule has 1 aliphatic heterocycles. The van der Waals surface area contributed by atoms with Crippen molar-refractivity contribution in [3.05, 3.63) is 29.7 Å². The maximum atomic E-state index is 14.1. The molecule has 0 spiro atoms. The monoisotopic (exact) mass is 558 g/mol. The van der Waals surface area contributed by atoms with Crippen molar-refractivity contribution in [1.29, 1.82) is 0 Å². The van der Waals surface area contributed by atoms with Crippen molar-refractivity contribution in [1.82, 2.24) is 20.5 Å². The van der Waals surface area contributed by atoms with Gasteiger partial charge >= 0.3 is 12.1 Å². The number of oxazole rings is 1. The first-order chi connectivity index (χ1) is 18.2. The van der Waals surface area contributed by atoms with Gasteiger partial charge in [0, 0.05) is 20.0 Å². The van der Waals surface area contributed by atoms with Crippen molar-refractivity contribution in [3.8, 4) is 0 Å². The normalized spacial score (nSPS) is 21.3. The molecule has 1 saturated heterocycles. The van der Waals surface area contributed by atoms with Gasteiger partial charge in [-0.1, -0.05) is 6.07 Å². The number of ether oxygens (including phenoxy) is 2. The topological polar surface area (TPSA) is 106 Å². The van der Waals surface area contributed by atoms with Gasteiger partial charge in [0.15, 0.2) is 5.58 Å². The van der Waals surface area contributed by atoms with Crippen molar-refractivity contribution < 1.29 is 41.0 Å². The summed E-state index contributed by atoms with van der Waals surface area (Å²) in [7, 11) is 1.40. The van der Waals surface area contributed by atoms with Crippen molar-refractivity contribution in [2.75, 3.05) is 26.8 Å². The minimum atomic E-state index is -3.11. The lowest BCUT2D eigenvalue weighted by molar-refractivity contribution is -0.0512. The number of hydrogen-bond acceptors (Lipinski definition) is 6. The van der Waals surface area contributed by atoms with Gasteiger partial charge in [-0.2, -0.15) is 0 Å². The largest absolute Gasteiger partial charge is 0.444 e. The molecule has 9 nitrogen and oxygen atoms in total. The zero-order chi connectivity index (χ0) is 28.6. The Labute approximate surface area is 223 Å². The maximum absolute atomic E-state index is 14.1. The Morgan fingerprint density at radius 2 is 1.92 bits per heavy atom. The van der Waals surface area contributed by atoms with E-state index in [2.05, 4.69) is 15.6 Å². The number of hydrogen-bond donors (Lipinski definition) is 2. The Kier molecular flexibility index (Phi) is 8.02. The molecule has 4 rings (SSSR count). The number of halogens is 4. The highest BCUT2D eigenvalue weighted by Crippen LogP contribution is 2.42. The molecule has 1 saturated carbocycles. The van der Waals surface area contributed by atoms with E-state index >= 15 is 0 Å². The number of amides is 3. The molecule has 2 heterocycles. The van der Waals surface area contributed by atoms with Crippen LogP contribution in [0.15, 0.2) is 22.6 Å². The number of methoxy groups -OCH3 is 1. The second kappa shape index (κ2) is 10.8. The molecule has 2 aliphatic rings. The summed E-state index contributed by atoms with van der Waals surface area (Å²) < 4.78 is 72.5.